The van der Waals surface area contributed by atoms with Crippen molar-refractivity contribution in [3.63, 3.8) is 0 Å². The van der Waals surface area contributed by atoms with E-state index in [2.05, 4.69) is 5.32 Å². The number of hydrogen-bond acceptors (Lipinski definition) is 5. The first-order valence-corrected chi connectivity index (χ1v) is 7.29. The second-order valence-corrected chi connectivity index (χ2v) is 5.05. The number of aliphatic hydroxyl groups is 1. The fraction of sp³-hybridized carbons (Fsp3) is 0.600. The van der Waals surface area contributed by atoms with Crippen molar-refractivity contribution in [1.29, 1.82) is 0 Å². The molecule has 6 nitrogen and oxygen atoms in total. The van der Waals surface area contributed by atoms with Gasteiger partial charge in [-0.05, 0) is 25.5 Å². The zero-order chi connectivity index (χ0) is 15.9. The van der Waals surface area contributed by atoms with Gasteiger partial charge in [0, 0.05) is 24.2 Å². The van der Waals surface area contributed by atoms with Crippen LogP contribution in [0.2, 0.25) is 0 Å². The fourth-order valence-corrected chi connectivity index (χ4v) is 1.88. The van der Waals surface area contributed by atoms with Crippen LogP contribution >= 0.6 is 0 Å². The summed E-state index contributed by atoms with van der Waals surface area (Å²) >= 11 is 0. The lowest BCUT2D eigenvalue weighted by Gasteiger charge is -2.25. The quantitative estimate of drug-likeness (QED) is 0.540. The molecule has 0 heterocycles. The number of non-ortho nitro benzene ring substituents is 1. The van der Waals surface area contributed by atoms with Crippen molar-refractivity contribution in [2.45, 2.75) is 45.8 Å². The molecule has 0 aliphatic rings. The molecule has 0 fully saturated rings. The zero-order valence-electron chi connectivity index (χ0n) is 12.9. The topological polar surface area (TPSA) is 84.6 Å². The molecule has 0 unspecified atom stereocenters. The van der Waals surface area contributed by atoms with Gasteiger partial charge < -0.3 is 15.2 Å². The van der Waals surface area contributed by atoms with Gasteiger partial charge in [-0.25, -0.2) is 0 Å². The normalized spacial score (nSPS) is 11.4. The zero-order valence-corrected chi connectivity index (χ0v) is 12.9. The molecule has 1 aromatic rings. The minimum atomic E-state index is -0.864. The van der Waals surface area contributed by atoms with Gasteiger partial charge in [-0.3, -0.25) is 10.1 Å². The average Bonchev–Trinajstić information content (AvgIpc) is 2.50. The molecule has 118 valence electrons. The lowest BCUT2D eigenvalue weighted by atomic mass is 9.99. The second kappa shape index (κ2) is 7.95. The summed E-state index contributed by atoms with van der Waals surface area (Å²) in [5.74, 6) is 0.571. The Morgan fingerprint density at radius 1 is 1.33 bits per heavy atom. The molecule has 0 saturated carbocycles. The van der Waals surface area contributed by atoms with Gasteiger partial charge in [0.2, 0.25) is 0 Å². The Hall–Kier alpha value is -1.66. The van der Waals surface area contributed by atoms with Gasteiger partial charge in [-0.15, -0.1) is 0 Å². The Labute approximate surface area is 125 Å². The van der Waals surface area contributed by atoms with E-state index < -0.39 is 10.5 Å². The second-order valence-electron chi connectivity index (χ2n) is 5.05. The number of nitro groups is 1. The summed E-state index contributed by atoms with van der Waals surface area (Å²) in [7, 11) is 0. The fourth-order valence-electron chi connectivity index (χ4n) is 1.88. The van der Waals surface area contributed by atoms with Gasteiger partial charge in [-0.1, -0.05) is 20.8 Å². The molecule has 2 N–H and O–H groups in total. The third-order valence-corrected chi connectivity index (χ3v) is 3.63. The number of rotatable bonds is 9. The number of hydrogen-bond donors (Lipinski definition) is 2. The Morgan fingerprint density at radius 2 is 2.00 bits per heavy atom. The van der Waals surface area contributed by atoms with Crippen LogP contribution in [-0.2, 0) is 6.54 Å². The number of ether oxygens (including phenoxy) is 1. The van der Waals surface area contributed by atoms with E-state index in [4.69, 9.17) is 4.74 Å². The van der Waals surface area contributed by atoms with Gasteiger partial charge in [0.05, 0.1) is 10.5 Å². The van der Waals surface area contributed by atoms with Crippen molar-refractivity contribution in [2.75, 3.05) is 13.2 Å². The number of benzene rings is 1. The molecular formula is C15H24N2O4. The van der Waals surface area contributed by atoms with Crippen LogP contribution < -0.4 is 10.1 Å². The Morgan fingerprint density at radius 3 is 2.52 bits per heavy atom. The summed E-state index contributed by atoms with van der Waals surface area (Å²) in [6.07, 6.45) is 1.19. The maximum atomic E-state index is 10.9. The SMILES string of the molecule is CCNCc1cc([N+](=O)[O-])ccc1OCC(O)(CC)CC. The maximum Gasteiger partial charge on any atom is 0.270 e. The highest BCUT2D eigenvalue weighted by Crippen LogP contribution is 2.26. The van der Waals surface area contributed by atoms with Crippen LogP contribution in [0.25, 0.3) is 0 Å². The molecule has 0 atom stereocenters. The van der Waals surface area contributed by atoms with Gasteiger partial charge >= 0.3 is 0 Å². The molecule has 0 aliphatic carbocycles. The molecule has 0 amide bonds. The molecule has 0 saturated heterocycles. The van der Waals surface area contributed by atoms with E-state index in [-0.39, 0.29) is 12.3 Å². The summed E-state index contributed by atoms with van der Waals surface area (Å²) in [4.78, 5) is 10.4. The van der Waals surface area contributed by atoms with Crippen molar-refractivity contribution in [3.8, 4) is 5.75 Å². The first-order chi connectivity index (χ1) is 9.95. The van der Waals surface area contributed by atoms with Gasteiger partial charge in [0.25, 0.3) is 5.69 Å². The Balaban J connectivity index is 2.91. The molecule has 0 radical (unpaired) electrons. The number of nitro benzene ring substituents is 1. The molecule has 1 rings (SSSR count). The van der Waals surface area contributed by atoms with E-state index in [0.717, 1.165) is 12.1 Å². The van der Waals surface area contributed by atoms with Gasteiger partial charge in [0.1, 0.15) is 12.4 Å². The molecule has 1 aromatic carbocycles. The van der Waals surface area contributed by atoms with Crippen molar-refractivity contribution in [2.24, 2.45) is 0 Å². The monoisotopic (exact) mass is 296 g/mol. The predicted molar refractivity (Wildman–Crippen MR) is 81.5 cm³/mol. The van der Waals surface area contributed by atoms with E-state index in [0.29, 0.717) is 25.1 Å². The van der Waals surface area contributed by atoms with E-state index >= 15 is 0 Å². The van der Waals surface area contributed by atoms with Gasteiger partial charge in [0.15, 0.2) is 0 Å². The molecule has 0 bridgehead atoms. The van der Waals surface area contributed by atoms with Crippen molar-refractivity contribution in [3.05, 3.63) is 33.9 Å². The van der Waals surface area contributed by atoms with Crippen LogP contribution in [0.5, 0.6) is 5.75 Å². The highest BCUT2D eigenvalue weighted by atomic mass is 16.6. The van der Waals surface area contributed by atoms with E-state index in [1.807, 2.05) is 20.8 Å². The Kier molecular flexibility index (Phi) is 6.58. The predicted octanol–water partition coefficient (Wildman–Crippen LogP) is 2.63. The molecule has 6 heteroatoms. The number of nitrogens with zero attached hydrogens (tertiary/aromatic N) is 1. The molecule has 21 heavy (non-hydrogen) atoms. The highest BCUT2D eigenvalue weighted by molar-refractivity contribution is 5.43. The summed E-state index contributed by atoms with van der Waals surface area (Å²) in [5, 5.41) is 24.2. The molecule has 0 aliphatic heterocycles. The summed E-state index contributed by atoms with van der Waals surface area (Å²) < 4.78 is 5.70. The smallest absolute Gasteiger partial charge is 0.270 e. The van der Waals surface area contributed by atoms with Gasteiger partial charge in [-0.2, -0.15) is 0 Å². The molecular weight excluding hydrogens is 272 g/mol. The number of nitrogens with one attached hydrogen (secondary N) is 1. The van der Waals surface area contributed by atoms with Crippen LogP contribution in [0, 0.1) is 10.1 Å². The van der Waals surface area contributed by atoms with Crippen LogP contribution in [0.4, 0.5) is 5.69 Å². The lowest BCUT2D eigenvalue weighted by molar-refractivity contribution is -0.384. The first-order valence-electron chi connectivity index (χ1n) is 7.29. The van der Waals surface area contributed by atoms with Crippen LogP contribution in [0.1, 0.15) is 39.2 Å². The molecule has 0 spiro atoms. The lowest BCUT2D eigenvalue weighted by Crippen LogP contribution is -2.34. The minimum Gasteiger partial charge on any atom is -0.490 e. The maximum absolute atomic E-state index is 10.9. The third-order valence-electron chi connectivity index (χ3n) is 3.63. The first kappa shape index (κ1) is 17.4. The van der Waals surface area contributed by atoms with E-state index in [9.17, 15) is 15.2 Å². The van der Waals surface area contributed by atoms with Crippen LogP contribution in [0.3, 0.4) is 0 Å². The van der Waals surface area contributed by atoms with Crippen LogP contribution in [0.15, 0.2) is 18.2 Å². The van der Waals surface area contributed by atoms with Crippen molar-refractivity contribution >= 4 is 5.69 Å². The molecule has 0 aromatic heterocycles. The van der Waals surface area contributed by atoms with Crippen LogP contribution in [-0.4, -0.2) is 28.8 Å². The average molecular weight is 296 g/mol. The Bertz CT molecular complexity index is 473. The third kappa shape index (κ3) is 4.99. The standard InChI is InChI=1S/C15H24N2O4/c1-4-15(18,5-2)11-21-14-8-7-13(17(19)20)9-12(14)10-16-6-3/h7-9,16,18H,4-6,10-11H2,1-3H3. The summed E-state index contributed by atoms with van der Waals surface area (Å²) in [5.41, 5.74) is -0.103. The summed E-state index contributed by atoms with van der Waals surface area (Å²) in [6, 6.07) is 4.52. The summed E-state index contributed by atoms with van der Waals surface area (Å²) in [6.45, 7) is 7.20. The van der Waals surface area contributed by atoms with E-state index in [1.54, 1.807) is 6.07 Å². The van der Waals surface area contributed by atoms with E-state index in [1.165, 1.54) is 12.1 Å². The largest absolute Gasteiger partial charge is 0.490 e. The minimum absolute atomic E-state index is 0.0384. The van der Waals surface area contributed by atoms with Crippen molar-refractivity contribution < 1.29 is 14.8 Å². The van der Waals surface area contributed by atoms with Crippen molar-refractivity contribution in [1.82, 2.24) is 5.32 Å². The highest BCUT2D eigenvalue weighted by Gasteiger charge is 2.24.